The SMILES string of the molecule is O=C(NCCCCCCO[C@H]1O[C@H](COCc2ccccc2)[C@@H](O[C@@H]2O[C@H](COCc3ccccc3)[C@H](OCc3ccccc3)[C@H](OCc3ccccc3)[C@H]2OCc2ccccc2)[C@H](OCc2ccccc2)[C@@H]1O[C@H]1O[C@H](COCc2ccccc2)[C@@H](OCc2ccccc2)[C@H](OCc2ccccc2)[C@@H]1O)OCc1ccccc1. The van der Waals surface area contributed by atoms with Crippen molar-refractivity contribution in [2.24, 2.45) is 0 Å². The van der Waals surface area contributed by atoms with Gasteiger partial charge in [0, 0.05) is 13.2 Å². The lowest BCUT2D eigenvalue weighted by molar-refractivity contribution is -0.398. The van der Waals surface area contributed by atoms with Crippen LogP contribution in [-0.4, -0.2) is 136 Å². The minimum absolute atomic E-state index is 0.00129. The molecule has 10 aromatic carbocycles. The summed E-state index contributed by atoms with van der Waals surface area (Å²) in [7, 11) is 0. The molecular weight excluding hydrogens is 1440 g/mol. The molecule has 0 bridgehead atoms. The molecule has 3 fully saturated rings. The lowest BCUT2D eigenvalue weighted by Crippen LogP contribution is -2.68. The Morgan fingerprint density at radius 1 is 0.272 bits per heavy atom. The maximum Gasteiger partial charge on any atom is 0.407 e. The van der Waals surface area contributed by atoms with E-state index in [1.807, 2.05) is 303 Å². The fraction of sp³-hybridized carbons (Fsp3) is 0.358. The lowest BCUT2D eigenvalue weighted by Gasteiger charge is -2.51. The van der Waals surface area contributed by atoms with Crippen LogP contribution in [0.5, 0.6) is 0 Å². The Balaban J connectivity index is 0.886. The van der Waals surface area contributed by atoms with Gasteiger partial charge in [0.25, 0.3) is 0 Å². The van der Waals surface area contributed by atoms with E-state index in [-0.39, 0.29) is 92.5 Å². The van der Waals surface area contributed by atoms with Crippen molar-refractivity contribution in [3.8, 4) is 0 Å². The van der Waals surface area contributed by atoms with Gasteiger partial charge in [-0.05, 0) is 68.5 Å². The second-order valence-electron chi connectivity index (χ2n) is 28.7. The van der Waals surface area contributed by atoms with Crippen LogP contribution in [0.25, 0.3) is 0 Å². The van der Waals surface area contributed by atoms with E-state index < -0.39 is 98.2 Å². The molecule has 0 spiro atoms. The van der Waals surface area contributed by atoms with E-state index in [2.05, 4.69) is 5.32 Å². The van der Waals surface area contributed by atoms with Gasteiger partial charge in [-0.25, -0.2) is 4.79 Å². The molecule has 3 aliphatic heterocycles. The quantitative estimate of drug-likeness (QED) is 0.0342. The van der Waals surface area contributed by atoms with Crippen molar-refractivity contribution >= 4 is 6.09 Å². The molecule has 0 saturated carbocycles. The fourth-order valence-electron chi connectivity index (χ4n) is 14.1. The van der Waals surface area contributed by atoms with Crippen molar-refractivity contribution < 1.29 is 85.7 Å². The number of hydrogen-bond acceptors (Lipinski definition) is 18. The van der Waals surface area contributed by atoms with Gasteiger partial charge in [-0.1, -0.05) is 316 Å². The molecule has 0 radical (unpaired) electrons. The number of alkyl carbamates (subject to hydrolysis) is 1. The summed E-state index contributed by atoms with van der Waals surface area (Å²) in [5.74, 6) is 0. The first-order valence-electron chi connectivity index (χ1n) is 39.7. The number of amides is 1. The first kappa shape index (κ1) is 82.8. The molecule has 0 aromatic heterocycles. The molecule has 19 heteroatoms. The zero-order chi connectivity index (χ0) is 77.8. The van der Waals surface area contributed by atoms with Crippen LogP contribution in [0.4, 0.5) is 4.79 Å². The molecule has 15 atom stereocenters. The fourth-order valence-corrected chi connectivity index (χ4v) is 14.1. The van der Waals surface area contributed by atoms with Crippen molar-refractivity contribution in [1.29, 1.82) is 0 Å². The van der Waals surface area contributed by atoms with Gasteiger partial charge < -0.3 is 86.2 Å². The van der Waals surface area contributed by atoms with Crippen LogP contribution in [0.15, 0.2) is 303 Å². The van der Waals surface area contributed by atoms with E-state index in [1.54, 1.807) is 0 Å². The van der Waals surface area contributed by atoms with Crippen molar-refractivity contribution in [3.05, 3.63) is 359 Å². The van der Waals surface area contributed by atoms with Crippen molar-refractivity contribution in [3.63, 3.8) is 0 Å². The largest absolute Gasteiger partial charge is 0.445 e. The highest BCUT2D eigenvalue weighted by Gasteiger charge is 2.57. The molecule has 3 saturated heterocycles. The highest BCUT2D eigenvalue weighted by atomic mass is 16.8. The minimum atomic E-state index is -1.53. The zero-order valence-electron chi connectivity index (χ0n) is 64.4. The monoisotopic (exact) mass is 1550 g/mol. The van der Waals surface area contributed by atoms with Gasteiger partial charge in [-0.15, -0.1) is 0 Å². The zero-order valence-corrected chi connectivity index (χ0v) is 64.4. The lowest BCUT2D eigenvalue weighted by atomic mass is 9.95. The normalized spacial score (nSPS) is 23.5. The second kappa shape index (κ2) is 45.8. The third kappa shape index (κ3) is 25.9. The predicted octanol–water partition coefficient (Wildman–Crippen LogP) is 16.0. The molecular formula is C95H105NO18. The Labute approximate surface area is 669 Å². The Morgan fingerprint density at radius 3 is 0.939 bits per heavy atom. The maximum absolute atomic E-state index is 13.4. The number of nitrogens with one attached hydrogen (secondary N) is 1. The summed E-state index contributed by atoms with van der Waals surface area (Å²) in [5.41, 5.74) is 9.13. The summed E-state index contributed by atoms with van der Waals surface area (Å²) in [6.07, 6.45) is -14.5. The summed E-state index contributed by atoms with van der Waals surface area (Å²) < 4.78 is 114. The Morgan fingerprint density at radius 2 is 0.553 bits per heavy atom. The maximum atomic E-state index is 13.4. The number of aliphatic hydroxyl groups is 1. The molecule has 0 unspecified atom stereocenters. The molecule has 598 valence electrons. The van der Waals surface area contributed by atoms with Crippen LogP contribution in [0, 0.1) is 0 Å². The van der Waals surface area contributed by atoms with Crippen LogP contribution >= 0.6 is 0 Å². The van der Waals surface area contributed by atoms with Gasteiger partial charge in [-0.2, -0.15) is 0 Å². The topological polar surface area (TPSA) is 197 Å². The molecule has 10 aromatic rings. The van der Waals surface area contributed by atoms with E-state index in [1.165, 1.54) is 0 Å². The molecule has 1 amide bonds. The Kier molecular flexibility index (Phi) is 33.3. The van der Waals surface area contributed by atoms with E-state index in [0.717, 1.165) is 68.5 Å². The molecule has 3 aliphatic rings. The average molecular weight is 1550 g/mol. The van der Waals surface area contributed by atoms with Crippen LogP contribution < -0.4 is 5.32 Å². The van der Waals surface area contributed by atoms with E-state index in [9.17, 15) is 9.90 Å². The van der Waals surface area contributed by atoms with Crippen LogP contribution in [0.2, 0.25) is 0 Å². The standard InChI is InChI=1S/C95H105NO18/c97-83-87(105-62-75-45-23-8-24-46-75)84(103-60-73-41-19-6-20-42-73)80(67-99-57-70-35-13-3-14-36-70)110-92(83)114-91-89(107-64-77-49-27-10-28-50-77)86(82(69-101-59-72-39-17-5-18-40-72)111-93(91)102-56-34-2-1-33-55-96-95(98)109-66-79-53-31-12-32-54-79)113-94-90(108-65-78-51-29-11-30-52-78)88(106-63-76-47-25-9-26-48-76)85(104-61-74-43-21-7-22-44-74)81(112-94)68-100-58-71-37-15-4-16-38-71/h3-32,35-54,80-94,97H,1-2,33-34,55-69H2,(H,96,98)/t80-,81-,82-,83+,84-,85+,86-,87-,88+,89+,90-,91+,92-,93+,94+/m1/s1. The summed E-state index contributed by atoms with van der Waals surface area (Å²) in [4.78, 5) is 12.8. The van der Waals surface area contributed by atoms with Gasteiger partial charge in [0.1, 0.15) is 79.9 Å². The summed E-state index contributed by atoms with van der Waals surface area (Å²) in [6.45, 7) is 2.30. The third-order valence-corrected chi connectivity index (χ3v) is 20.1. The van der Waals surface area contributed by atoms with Crippen LogP contribution in [-0.2, 0) is 142 Å². The Hall–Kier alpha value is -9.17. The van der Waals surface area contributed by atoms with E-state index in [4.69, 9.17) is 75.8 Å². The Bertz CT molecular complexity index is 4240. The summed E-state index contributed by atoms with van der Waals surface area (Å²) in [5, 5.41) is 16.3. The van der Waals surface area contributed by atoms with Gasteiger partial charge in [0.15, 0.2) is 18.9 Å². The summed E-state index contributed by atoms with van der Waals surface area (Å²) in [6, 6.07) is 98.8. The van der Waals surface area contributed by atoms with Crippen LogP contribution in [0.3, 0.4) is 0 Å². The first-order chi connectivity index (χ1) is 56.4. The van der Waals surface area contributed by atoms with Gasteiger partial charge in [-0.3, -0.25) is 0 Å². The van der Waals surface area contributed by atoms with Gasteiger partial charge >= 0.3 is 6.09 Å². The van der Waals surface area contributed by atoms with Crippen molar-refractivity contribution in [2.75, 3.05) is 33.0 Å². The summed E-state index contributed by atoms with van der Waals surface area (Å²) >= 11 is 0. The highest BCUT2D eigenvalue weighted by Crippen LogP contribution is 2.40. The number of rotatable bonds is 44. The molecule has 19 nitrogen and oxygen atoms in total. The third-order valence-electron chi connectivity index (χ3n) is 20.1. The second-order valence-corrected chi connectivity index (χ2v) is 28.7. The number of carbonyl (C=O) groups is 1. The number of hydrogen-bond donors (Lipinski definition) is 2. The molecule has 3 heterocycles. The molecule has 2 N–H and O–H groups in total. The van der Waals surface area contributed by atoms with Crippen molar-refractivity contribution in [1.82, 2.24) is 5.32 Å². The predicted molar refractivity (Wildman–Crippen MR) is 429 cm³/mol. The van der Waals surface area contributed by atoms with Crippen molar-refractivity contribution in [2.45, 2.75) is 184 Å². The number of ether oxygens (including phenoxy) is 16. The highest BCUT2D eigenvalue weighted by molar-refractivity contribution is 5.67. The smallest absolute Gasteiger partial charge is 0.407 e. The minimum Gasteiger partial charge on any atom is -0.445 e. The van der Waals surface area contributed by atoms with E-state index in [0.29, 0.717) is 19.4 Å². The molecule has 13 rings (SSSR count). The number of unbranched alkanes of at least 4 members (excludes halogenated alkanes) is 3. The molecule has 114 heavy (non-hydrogen) atoms. The number of carbonyl (C=O) groups excluding carboxylic acids is 1. The van der Waals surface area contributed by atoms with Gasteiger partial charge in [0.05, 0.1) is 79.3 Å². The van der Waals surface area contributed by atoms with Crippen LogP contribution in [0.1, 0.15) is 81.3 Å². The van der Waals surface area contributed by atoms with E-state index >= 15 is 0 Å². The average Bonchev–Trinajstić information content (AvgIpc) is 0.760. The number of aliphatic hydroxyl groups excluding tert-OH is 1. The molecule has 0 aliphatic carbocycles. The number of benzene rings is 10. The first-order valence-corrected chi connectivity index (χ1v) is 39.7. The van der Waals surface area contributed by atoms with Gasteiger partial charge in [0.2, 0.25) is 0 Å².